The second-order valence-corrected chi connectivity index (χ2v) is 31.5. The Balaban J connectivity index is 0.000000263. The molecule has 0 radical (unpaired) electrons. The summed E-state index contributed by atoms with van der Waals surface area (Å²) < 4.78 is 22.1. The van der Waals surface area contributed by atoms with Gasteiger partial charge in [-0.1, -0.05) is 131 Å². The Bertz CT molecular complexity index is 1960. The SMILES string of the molecule is CC(C)CCC[C@@H](C)[C@H]1CCC2C3CC=C4C[C@@H](OCCCSCC(=O)O)CC[C@]4(C)C3CC[C@@]21C.COC(=O)CSCCCO[C@H]1CC[C@@]2(C)C(=CCC3C2CC[C@@]2(C)C3CC[C@@H]2[C@H](C)CCCC(C)C)C1.OC1CCCO1.[Li+].[OH-]. The number of aliphatic carboxylic acids is 1. The van der Waals surface area contributed by atoms with Crippen LogP contribution in [0.3, 0.4) is 0 Å². The number of ether oxygens (including phenoxy) is 4. The molecule has 17 atom stereocenters. The third-order valence-corrected chi connectivity index (χ3v) is 25.7. The number of thioether (sulfide) groups is 2. The van der Waals surface area contributed by atoms with E-state index in [0.717, 1.165) is 141 Å². The molecular formula is C69H119LiO9S2. The van der Waals surface area contributed by atoms with Crippen LogP contribution in [0.4, 0.5) is 0 Å². The zero-order valence-electron chi connectivity index (χ0n) is 53.8. The fraction of sp³-hybridized carbons (Fsp3) is 0.913. The summed E-state index contributed by atoms with van der Waals surface area (Å²) in [5, 5.41) is 17.3. The summed E-state index contributed by atoms with van der Waals surface area (Å²) in [5.74, 6) is 12.4. The second kappa shape index (κ2) is 33.2. The van der Waals surface area contributed by atoms with Crippen molar-refractivity contribution in [3.63, 3.8) is 0 Å². The van der Waals surface area contributed by atoms with Crippen LogP contribution < -0.4 is 18.9 Å². The van der Waals surface area contributed by atoms with Gasteiger partial charge in [-0.2, -0.15) is 23.5 Å². The van der Waals surface area contributed by atoms with Crippen LogP contribution in [0.1, 0.15) is 236 Å². The van der Waals surface area contributed by atoms with Crippen molar-refractivity contribution in [3.8, 4) is 0 Å². The second-order valence-electron chi connectivity index (χ2n) is 29.3. The van der Waals surface area contributed by atoms with Gasteiger partial charge in [-0.05, 0) is 226 Å². The number of hydrogen-bond acceptors (Lipinski definition) is 10. The minimum atomic E-state index is -0.720. The van der Waals surface area contributed by atoms with E-state index in [1.54, 1.807) is 22.9 Å². The van der Waals surface area contributed by atoms with Crippen molar-refractivity contribution in [3.05, 3.63) is 23.3 Å². The van der Waals surface area contributed by atoms with Gasteiger partial charge in [0.15, 0.2) is 6.29 Å². The quantitative estimate of drug-likeness (QED) is 0.0413. The number of allylic oxidation sites excluding steroid dienone is 2. The summed E-state index contributed by atoms with van der Waals surface area (Å²) in [5.41, 5.74) is 5.38. The van der Waals surface area contributed by atoms with E-state index in [1.165, 1.54) is 147 Å². The van der Waals surface area contributed by atoms with Crippen LogP contribution >= 0.6 is 23.5 Å². The molecule has 9 rings (SSSR count). The summed E-state index contributed by atoms with van der Waals surface area (Å²) in [6.45, 7) is 27.6. The summed E-state index contributed by atoms with van der Waals surface area (Å²) in [6.07, 6.45) is 39.5. The number of carboxylic acids is 1. The predicted molar refractivity (Wildman–Crippen MR) is 332 cm³/mol. The molecular weight excluding hydrogens is 1040 g/mol. The molecule has 9 aliphatic rings. The number of carboxylic acid groups (broad SMARTS) is 1. The Morgan fingerprint density at radius 3 is 1.46 bits per heavy atom. The van der Waals surface area contributed by atoms with E-state index >= 15 is 0 Å². The maximum atomic E-state index is 11.3. The van der Waals surface area contributed by atoms with E-state index in [9.17, 15) is 9.59 Å². The molecule has 1 heterocycles. The number of rotatable bonds is 24. The summed E-state index contributed by atoms with van der Waals surface area (Å²) in [7, 11) is 1.46. The van der Waals surface area contributed by atoms with Gasteiger partial charge in [0, 0.05) is 26.2 Å². The normalized spacial score (nSPS) is 37.1. The first-order valence-electron chi connectivity index (χ1n) is 33.1. The van der Waals surface area contributed by atoms with Gasteiger partial charge in [-0.25, -0.2) is 0 Å². The zero-order valence-corrected chi connectivity index (χ0v) is 55.4. The minimum Gasteiger partial charge on any atom is -0.870 e. The molecule has 6 saturated carbocycles. The number of aliphatic hydroxyl groups is 1. The number of aliphatic hydroxyl groups excluding tert-OH is 1. The molecule has 0 aromatic carbocycles. The van der Waals surface area contributed by atoms with Crippen molar-refractivity contribution in [2.45, 2.75) is 255 Å². The Labute approximate surface area is 516 Å². The Kier molecular flexibility index (Phi) is 29.2. The number of methoxy groups -OCH3 is 1. The average molecular weight is 1160 g/mol. The van der Waals surface area contributed by atoms with Crippen LogP contribution in [-0.2, 0) is 28.5 Å². The van der Waals surface area contributed by atoms with Gasteiger partial charge < -0.3 is 34.6 Å². The topological polar surface area (TPSA) is 142 Å². The van der Waals surface area contributed by atoms with Crippen LogP contribution in [0.5, 0.6) is 0 Å². The Morgan fingerprint density at radius 1 is 0.617 bits per heavy atom. The molecule has 8 aliphatic carbocycles. The molecule has 7 fully saturated rings. The molecule has 1 aliphatic heterocycles. The van der Waals surface area contributed by atoms with Crippen LogP contribution in [-0.4, -0.2) is 96.1 Å². The minimum absolute atomic E-state index is 0. The van der Waals surface area contributed by atoms with E-state index in [4.69, 9.17) is 29.2 Å². The number of hydrogen-bond donors (Lipinski definition) is 2. The first-order chi connectivity index (χ1) is 37.7. The smallest absolute Gasteiger partial charge is 0.870 e. The molecule has 3 N–H and O–H groups in total. The van der Waals surface area contributed by atoms with Crippen molar-refractivity contribution in [1.29, 1.82) is 0 Å². The molecule has 0 aromatic heterocycles. The largest absolute Gasteiger partial charge is 1.00 e. The van der Waals surface area contributed by atoms with Crippen LogP contribution in [0, 0.1) is 92.7 Å². The summed E-state index contributed by atoms with van der Waals surface area (Å²) in [6, 6.07) is 0. The van der Waals surface area contributed by atoms with E-state index in [2.05, 4.69) is 81.4 Å². The van der Waals surface area contributed by atoms with Gasteiger partial charge in [0.1, 0.15) is 0 Å². The molecule has 0 aromatic rings. The van der Waals surface area contributed by atoms with Crippen LogP contribution in [0.15, 0.2) is 23.3 Å². The number of carbonyl (C=O) groups excluding carboxylic acids is 1. The van der Waals surface area contributed by atoms with Crippen molar-refractivity contribution in [2.75, 3.05) is 49.9 Å². The third-order valence-electron chi connectivity index (χ3n) is 23.7. The molecule has 462 valence electrons. The van der Waals surface area contributed by atoms with E-state index in [1.807, 2.05) is 0 Å². The number of esters is 1. The first-order valence-corrected chi connectivity index (χ1v) is 35.4. The average Bonchev–Trinajstić information content (AvgIpc) is 4.14. The molecule has 1 saturated heterocycles. The van der Waals surface area contributed by atoms with Crippen molar-refractivity contribution < 1.29 is 63.1 Å². The van der Waals surface area contributed by atoms with E-state index in [-0.39, 0.29) is 36.1 Å². The van der Waals surface area contributed by atoms with Crippen molar-refractivity contribution in [2.24, 2.45) is 92.7 Å². The van der Waals surface area contributed by atoms with Gasteiger partial charge in [0.25, 0.3) is 0 Å². The predicted octanol–water partition coefficient (Wildman–Crippen LogP) is 14.3. The van der Waals surface area contributed by atoms with Crippen molar-refractivity contribution >= 4 is 35.5 Å². The molecule has 81 heavy (non-hydrogen) atoms. The number of fused-ring (bicyclic) bond motifs is 10. The fourth-order valence-corrected chi connectivity index (χ4v) is 20.7. The summed E-state index contributed by atoms with van der Waals surface area (Å²) in [4.78, 5) is 21.9. The van der Waals surface area contributed by atoms with Crippen molar-refractivity contribution in [1.82, 2.24) is 0 Å². The summed E-state index contributed by atoms with van der Waals surface area (Å²) >= 11 is 3.15. The molecule has 9 nitrogen and oxygen atoms in total. The van der Waals surface area contributed by atoms with Gasteiger partial charge in [-0.15, -0.1) is 0 Å². The maximum Gasteiger partial charge on any atom is 1.00 e. The standard InChI is InChI=1S/C33H56O3S.C32H54O3S.C4H8O2.Li.H2O/c1-23(2)9-7-10-24(3)28-13-14-29-27-12-11-25-21-26(36-19-8-20-37-22-31(34)35-6)15-17-32(25,4)30(27)16-18-33(28,29)5;1-22(2)8-6-9-23(3)27-12-13-28-26-11-10-24-20-25(35-18-7-19-36-21-30(33)34)14-16-31(24,4)29(26)15-17-32(27,28)5;5-4-2-1-3-6-4;;/h11,23-24,26-30H,7-10,12-22H2,1-6H3;10,22-23,25-29H,6-9,11-21H2,1-5H3,(H,33,34);4-5H,1-3H2;;1H2/q;;;+1;/p-1/t24-,26+,27?,28-,29?,30?,32+,33-;23-,25+,26?,27-,28?,29?,31+,32-;;;/m11.../s1. The Hall–Kier alpha value is -0.483. The number of carbonyl (C=O) groups is 2. The fourth-order valence-electron chi connectivity index (χ4n) is 19.3. The molecule has 0 amide bonds. The van der Waals surface area contributed by atoms with Gasteiger partial charge >= 0.3 is 30.8 Å². The zero-order chi connectivity index (χ0) is 57.0. The molecule has 0 bridgehead atoms. The molecule has 0 spiro atoms. The van der Waals surface area contributed by atoms with Gasteiger partial charge in [-0.3, -0.25) is 9.59 Å². The van der Waals surface area contributed by atoms with Crippen LogP contribution in [0.2, 0.25) is 0 Å². The van der Waals surface area contributed by atoms with Gasteiger partial charge in [0.2, 0.25) is 0 Å². The van der Waals surface area contributed by atoms with E-state index in [0.29, 0.717) is 39.6 Å². The van der Waals surface area contributed by atoms with Crippen LogP contribution in [0.25, 0.3) is 0 Å². The first kappa shape index (κ1) is 71.3. The molecule has 12 heteroatoms. The molecule has 7 unspecified atom stereocenters. The Morgan fingerprint density at radius 2 is 1.07 bits per heavy atom. The third kappa shape index (κ3) is 18.1. The maximum absolute atomic E-state index is 11.3. The monoisotopic (exact) mass is 1160 g/mol. The van der Waals surface area contributed by atoms with Gasteiger partial charge in [0.05, 0.1) is 30.8 Å². The van der Waals surface area contributed by atoms with E-state index < -0.39 is 12.3 Å².